The van der Waals surface area contributed by atoms with Crippen molar-refractivity contribution in [2.45, 2.75) is 71.3 Å². The molecule has 5 atom stereocenters. The molecule has 0 saturated heterocycles. The van der Waals surface area contributed by atoms with Crippen LogP contribution in [0.15, 0.2) is 24.8 Å². The van der Waals surface area contributed by atoms with E-state index in [-0.39, 0.29) is 10.8 Å². The molecule has 2 heteroatoms. The molecule has 2 fully saturated rings. The molecule has 2 aliphatic carbocycles. The summed E-state index contributed by atoms with van der Waals surface area (Å²) in [4.78, 5) is 0. The molecule has 132 valence electrons. The van der Waals surface area contributed by atoms with Crippen molar-refractivity contribution in [3.05, 3.63) is 24.8 Å². The summed E-state index contributed by atoms with van der Waals surface area (Å²) in [6.45, 7) is 15.8. The topological polar surface area (TPSA) is 29.5 Å². The van der Waals surface area contributed by atoms with Crippen LogP contribution in [0.25, 0.3) is 0 Å². The second-order valence-corrected chi connectivity index (χ2v) is 8.85. The highest BCUT2D eigenvalue weighted by molar-refractivity contribution is 5.16. The SMILES string of the molecule is C=C[C@@](C)(O)CC[C@H]1C(=C)CC[C@H]2[C@@](C)(COC)CCC[C@]12C. The first-order valence-corrected chi connectivity index (χ1v) is 9.21. The van der Waals surface area contributed by atoms with Gasteiger partial charge in [-0.25, -0.2) is 0 Å². The number of hydrogen-bond donors (Lipinski definition) is 1. The highest BCUT2D eigenvalue weighted by Crippen LogP contribution is 2.62. The lowest BCUT2D eigenvalue weighted by Gasteiger charge is -2.59. The average molecular weight is 321 g/mol. The summed E-state index contributed by atoms with van der Waals surface area (Å²) in [5.41, 5.74) is 1.19. The molecule has 23 heavy (non-hydrogen) atoms. The molecule has 0 aromatic rings. The maximum atomic E-state index is 10.3. The summed E-state index contributed by atoms with van der Waals surface area (Å²) in [5, 5.41) is 10.3. The number of fused-ring (bicyclic) bond motifs is 1. The van der Waals surface area contributed by atoms with E-state index in [0.29, 0.717) is 11.8 Å². The fraction of sp³-hybridized carbons (Fsp3) is 0.810. The van der Waals surface area contributed by atoms with Crippen LogP contribution in [0.4, 0.5) is 0 Å². The standard InChI is InChI=1S/C21H36O2/c1-7-20(4,22)14-11-17-16(2)9-10-18-19(3,15-23-6)12-8-13-21(17,18)5/h7,17-18,22H,1-2,8-15H2,3-6H3/t17-,18-,19+,20+,21+/m0/s1. The summed E-state index contributed by atoms with van der Waals surface area (Å²) in [7, 11) is 1.83. The summed E-state index contributed by atoms with van der Waals surface area (Å²) in [6.07, 6.45) is 9.63. The van der Waals surface area contributed by atoms with E-state index in [9.17, 15) is 5.11 Å². The van der Waals surface area contributed by atoms with Gasteiger partial charge in [0, 0.05) is 7.11 Å². The number of aliphatic hydroxyl groups is 1. The number of ether oxygens (including phenoxy) is 1. The van der Waals surface area contributed by atoms with Gasteiger partial charge < -0.3 is 9.84 Å². The zero-order valence-electron chi connectivity index (χ0n) is 15.7. The Morgan fingerprint density at radius 2 is 2.09 bits per heavy atom. The van der Waals surface area contributed by atoms with E-state index in [4.69, 9.17) is 4.74 Å². The number of rotatable bonds is 6. The third-order valence-electron chi connectivity index (χ3n) is 7.00. The van der Waals surface area contributed by atoms with E-state index in [1.54, 1.807) is 6.08 Å². The first kappa shape index (κ1) is 18.7. The number of methoxy groups -OCH3 is 1. The second kappa shape index (κ2) is 6.72. The Labute approximate surface area is 143 Å². The van der Waals surface area contributed by atoms with E-state index >= 15 is 0 Å². The largest absolute Gasteiger partial charge is 0.386 e. The van der Waals surface area contributed by atoms with Crippen LogP contribution in [0.5, 0.6) is 0 Å². The van der Waals surface area contributed by atoms with Gasteiger partial charge in [-0.05, 0) is 68.1 Å². The smallest absolute Gasteiger partial charge is 0.0797 e. The minimum Gasteiger partial charge on any atom is -0.386 e. The van der Waals surface area contributed by atoms with Gasteiger partial charge in [0.2, 0.25) is 0 Å². The van der Waals surface area contributed by atoms with Crippen molar-refractivity contribution < 1.29 is 9.84 Å². The van der Waals surface area contributed by atoms with Crippen LogP contribution in [0.2, 0.25) is 0 Å². The number of hydrogen-bond acceptors (Lipinski definition) is 2. The van der Waals surface area contributed by atoms with E-state index in [0.717, 1.165) is 25.9 Å². The molecular weight excluding hydrogens is 284 g/mol. The van der Waals surface area contributed by atoms with Gasteiger partial charge >= 0.3 is 0 Å². The zero-order valence-corrected chi connectivity index (χ0v) is 15.7. The van der Waals surface area contributed by atoms with Crippen molar-refractivity contribution in [1.82, 2.24) is 0 Å². The van der Waals surface area contributed by atoms with Gasteiger partial charge in [-0.15, -0.1) is 6.58 Å². The van der Waals surface area contributed by atoms with Gasteiger partial charge in [-0.1, -0.05) is 38.5 Å². The van der Waals surface area contributed by atoms with Crippen molar-refractivity contribution in [2.24, 2.45) is 22.7 Å². The fourth-order valence-corrected chi connectivity index (χ4v) is 5.66. The molecule has 0 heterocycles. The maximum Gasteiger partial charge on any atom is 0.0797 e. The molecule has 2 rings (SSSR count). The summed E-state index contributed by atoms with van der Waals surface area (Å²) < 4.78 is 5.60. The lowest BCUT2D eigenvalue weighted by Crippen LogP contribution is -2.52. The summed E-state index contributed by atoms with van der Waals surface area (Å²) >= 11 is 0. The predicted octanol–water partition coefficient (Wildman–Crippen LogP) is 5.13. The van der Waals surface area contributed by atoms with Crippen molar-refractivity contribution in [3.63, 3.8) is 0 Å². The summed E-state index contributed by atoms with van der Waals surface area (Å²) in [5.74, 6) is 1.19. The van der Waals surface area contributed by atoms with Gasteiger partial charge in [0.1, 0.15) is 0 Å². The van der Waals surface area contributed by atoms with E-state index < -0.39 is 5.60 Å². The minimum absolute atomic E-state index is 0.279. The molecule has 0 spiro atoms. The van der Waals surface area contributed by atoms with E-state index in [1.165, 1.54) is 31.3 Å². The van der Waals surface area contributed by atoms with Crippen molar-refractivity contribution in [2.75, 3.05) is 13.7 Å². The van der Waals surface area contributed by atoms with E-state index in [1.807, 2.05) is 14.0 Å². The molecule has 0 amide bonds. The third kappa shape index (κ3) is 3.58. The molecule has 2 nitrogen and oxygen atoms in total. The van der Waals surface area contributed by atoms with Gasteiger partial charge in [0.25, 0.3) is 0 Å². The van der Waals surface area contributed by atoms with E-state index in [2.05, 4.69) is 27.0 Å². The lowest BCUT2D eigenvalue weighted by molar-refractivity contribution is -0.0953. The monoisotopic (exact) mass is 320 g/mol. The molecule has 0 aromatic heterocycles. The molecule has 0 unspecified atom stereocenters. The maximum absolute atomic E-state index is 10.3. The molecule has 1 N–H and O–H groups in total. The van der Waals surface area contributed by atoms with Gasteiger partial charge in [-0.3, -0.25) is 0 Å². The summed E-state index contributed by atoms with van der Waals surface area (Å²) in [6, 6.07) is 0. The first-order valence-electron chi connectivity index (χ1n) is 9.21. The van der Waals surface area contributed by atoms with Crippen LogP contribution in [0, 0.1) is 22.7 Å². The molecule has 0 radical (unpaired) electrons. The quantitative estimate of drug-likeness (QED) is 0.688. The normalized spacial score (nSPS) is 40.3. The van der Waals surface area contributed by atoms with Crippen LogP contribution in [-0.2, 0) is 4.74 Å². The lowest BCUT2D eigenvalue weighted by atomic mass is 9.46. The molecule has 0 aliphatic heterocycles. The second-order valence-electron chi connectivity index (χ2n) is 8.85. The average Bonchev–Trinajstić information content (AvgIpc) is 2.46. The van der Waals surface area contributed by atoms with Crippen molar-refractivity contribution >= 4 is 0 Å². The first-order chi connectivity index (χ1) is 10.7. The van der Waals surface area contributed by atoms with Crippen molar-refractivity contribution in [1.29, 1.82) is 0 Å². The third-order valence-corrected chi connectivity index (χ3v) is 7.00. The van der Waals surface area contributed by atoms with Gasteiger partial charge in [0.05, 0.1) is 12.2 Å². The predicted molar refractivity (Wildman–Crippen MR) is 97.3 cm³/mol. The van der Waals surface area contributed by atoms with Crippen LogP contribution < -0.4 is 0 Å². The highest BCUT2D eigenvalue weighted by atomic mass is 16.5. The Morgan fingerprint density at radius 3 is 2.70 bits per heavy atom. The fourth-order valence-electron chi connectivity index (χ4n) is 5.66. The van der Waals surface area contributed by atoms with Crippen LogP contribution in [-0.4, -0.2) is 24.4 Å². The van der Waals surface area contributed by atoms with Crippen molar-refractivity contribution in [3.8, 4) is 0 Å². The Bertz CT molecular complexity index is 449. The molecule has 2 saturated carbocycles. The van der Waals surface area contributed by atoms with Crippen LogP contribution in [0.1, 0.15) is 65.7 Å². The van der Waals surface area contributed by atoms with Crippen LogP contribution >= 0.6 is 0 Å². The van der Waals surface area contributed by atoms with Gasteiger partial charge in [0.15, 0.2) is 0 Å². The molecular formula is C21H36O2. The molecule has 0 aromatic carbocycles. The minimum atomic E-state index is -0.770. The Hall–Kier alpha value is -0.600. The molecule has 0 bridgehead atoms. The highest BCUT2D eigenvalue weighted by Gasteiger charge is 2.54. The van der Waals surface area contributed by atoms with Crippen LogP contribution in [0.3, 0.4) is 0 Å². The Kier molecular flexibility index (Phi) is 5.48. The van der Waals surface area contributed by atoms with Gasteiger partial charge in [-0.2, -0.15) is 0 Å². The Morgan fingerprint density at radius 1 is 1.39 bits per heavy atom. The Balaban J connectivity index is 2.24. The zero-order chi connectivity index (χ0) is 17.3. The number of allylic oxidation sites excluding steroid dienone is 1. The molecule has 2 aliphatic rings.